The Kier molecular flexibility index (Phi) is 4.48. The van der Waals surface area contributed by atoms with Crippen LogP contribution in [-0.2, 0) is 0 Å². The molecule has 0 saturated carbocycles. The van der Waals surface area contributed by atoms with Crippen LogP contribution in [0.25, 0.3) is 11.1 Å². The van der Waals surface area contributed by atoms with Crippen molar-refractivity contribution in [2.45, 2.75) is 20.8 Å². The van der Waals surface area contributed by atoms with Gasteiger partial charge in [0.1, 0.15) is 5.75 Å². The van der Waals surface area contributed by atoms with E-state index in [0.29, 0.717) is 11.3 Å². The zero-order chi connectivity index (χ0) is 17.1. The molecule has 3 aromatic carbocycles. The van der Waals surface area contributed by atoms with Crippen molar-refractivity contribution in [1.82, 2.24) is 0 Å². The molecule has 3 rings (SSSR count). The summed E-state index contributed by atoms with van der Waals surface area (Å²) in [6.45, 7) is 6.02. The Labute approximate surface area is 142 Å². The predicted molar refractivity (Wildman–Crippen MR) is 97.5 cm³/mol. The molecule has 0 fully saturated rings. The van der Waals surface area contributed by atoms with Gasteiger partial charge in [-0.05, 0) is 61.7 Å². The molecule has 0 N–H and O–H groups in total. The van der Waals surface area contributed by atoms with Gasteiger partial charge in [0.05, 0.1) is 5.56 Å². The zero-order valence-corrected chi connectivity index (χ0v) is 14.2. The standard InChI is InChI=1S/C22H20O2/c1-15-4-8-18(9-5-15)20-12-13-21(17(3)14-20)24-22(23)19-10-6-16(2)7-11-19/h4-14H,1-3H3. The van der Waals surface area contributed by atoms with Gasteiger partial charge in [-0.25, -0.2) is 4.79 Å². The first-order valence-electron chi connectivity index (χ1n) is 7.99. The highest BCUT2D eigenvalue weighted by molar-refractivity contribution is 5.91. The Hall–Kier alpha value is -2.87. The molecule has 0 bridgehead atoms. The lowest BCUT2D eigenvalue weighted by Gasteiger charge is -2.10. The summed E-state index contributed by atoms with van der Waals surface area (Å²) in [7, 11) is 0. The number of aryl methyl sites for hydroxylation is 3. The maximum Gasteiger partial charge on any atom is 0.343 e. The molecule has 0 aliphatic carbocycles. The third kappa shape index (κ3) is 3.54. The number of hydrogen-bond donors (Lipinski definition) is 0. The normalized spacial score (nSPS) is 10.5. The first-order valence-corrected chi connectivity index (χ1v) is 7.99. The molecule has 0 atom stereocenters. The highest BCUT2D eigenvalue weighted by Gasteiger charge is 2.11. The van der Waals surface area contributed by atoms with E-state index in [4.69, 9.17) is 4.74 Å². The lowest BCUT2D eigenvalue weighted by molar-refractivity contribution is 0.0733. The van der Waals surface area contributed by atoms with Crippen LogP contribution in [0.2, 0.25) is 0 Å². The van der Waals surface area contributed by atoms with Crippen LogP contribution in [0.3, 0.4) is 0 Å². The number of carbonyl (C=O) groups is 1. The van der Waals surface area contributed by atoms with Crippen LogP contribution in [-0.4, -0.2) is 5.97 Å². The minimum absolute atomic E-state index is 0.332. The Morgan fingerprint density at radius 1 is 0.708 bits per heavy atom. The van der Waals surface area contributed by atoms with Crippen molar-refractivity contribution < 1.29 is 9.53 Å². The third-order valence-corrected chi connectivity index (χ3v) is 4.05. The fourth-order valence-electron chi connectivity index (χ4n) is 2.54. The molecular weight excluding hydrogens is 296 g/mol. The largest absolute Gasteiger partial charge is 0.423 e. The number of benzene rings is 3. The second-order valence-corrected chi connectivity index (χ2v) is 6.10. The summed E-state index contributed by atoms with van der Waals surface area (Å²) in [5.41, 5.74) is 6.11. The molecular formula is C22H20O2. The van der Waals surface area contributed by atoms with Gasteiger partial charge < -0.3 is 4.74 Å². The van der Waals surface area contributed by atoms with E-state index >= 15 is 0 Å². The van der Waals surface area contributed by atoms with Gasteiger partial charge >= 0.3 is 5.97 Å². The average Bonchev–Trinajstić information content (AvgIpc) is 2.58. The minimum Gasteiger partial charge on any atom is -0.423 e. The lowest BCUT2D eigenvalue weighted by Crippen LogP contribution is -2.09. The van der Waals surface area contributed by atoms with Crippen molar-refractivity contribution in [3.63, 3.8) is 0 Å². The van der Waals surface area contributed by atoms with Crippen molar-refractivity contribution in [3.8, 4) is 16.9 Å². The van der Waals surface area contributed by atoms with Crippen molar-refractivity contribution in [1.29, 1.82) is 0 Å². The molecule has 0 saturated heterocycles. The summed E-state index contributed by atoms with van der Waals surface area (Å²) in [5.74, 6) is 0.262. The zero-order valence-electron chi connectivity index (χ0n) is 14.2. The molecule has 0 aliphatic heterocycles. The van der Waals surface area contributed by atoms with E-state index in [-0.39, 0.29) is 5.97 Å². The quantitative estimate of drug-likeness (QED) is 0.471. The van der Waals surface area contributed by atoms with Crippen LogP contribution in [0.1, 0.15) is 27.0 Å². The Morgan fingerprint density at radius 3 is 1.83 bits per heavy atom. The van der Waals surface area contributed by atoms with Gasteiger partial charge in [0.15, 0.2) is 0 Å². The van der Waals surface area contributed by atoms with Gasteiger partial charge in [-0.2, -0.15) is 0 Å². The van der Waals surface area contributed by atoms with Crippen LogP contribution < -0.4 is 4.74 Å². The molecule has 0 aliphatic rings. The summed E-state index contributed by atoms with van der Waals surface area (Å²) in [6.07, 6.45) is 0. The summed E-state index contributed by atoms with van der Waals surface area (Å²) in [6, 6.07) is 21.7. The van der Waals surface area contributed by atoms with E-state index < -0.39 is 0 Å². The van der Waals surface area contributed by atoms with Crippen LogP contribution in [0.15, 0.2) is 66.7 Å². The van der Waals surface area contributed by atoms with Crippen molar-refractivity contribution >= 4 is 5.97 Å². The molecule has 0 radical (unpaired) electrons. The van der Waals surface area contributed by atoms with Gasteiger partial charge in [0.25, 0.3) is 0 Å². The predicted octanol–water partition coefficient (Wildman–Crippen LogP) is 5.50. The molecule has 24 heavy (non-hydrogen) atoms. The topological polar surface area (TPSA) is 26.3 Å². The molecule has 0 unspecified atom stereocenters. The van der Waals surface area contributed by atoms with Gasteiger partial charge in [-0.15, -0.1) is 0 Å². The molecule has 2 heteroatoms. The maximum atomic E-state index is 12.2. The third-order valence-electron chi connectivity index (χ3n) is 4.05. The Bertz CT molecular complexity index is 859. The van der Waals surface area contributed by atoms with Crippen LogP contribution in [0, 0.1) is 20.8 Å². The molecule has 0 heterocycles. The SMILES string of the molecule is Cc1ccc(C(=O)Oc2ccc(-c3ccc(C)cc3)cc2C)cc1. The van der Waals surface area contributed by atoms with Gasteiger partial charge in [-0.3, -0.25) is 0 Å². The van der Waals surface area contributed by atoms with Crippen molar-refractivity contribution in [2.75, 3.05) is 0 Å². The highest BCUT2D eigenvalue weighted by Crippen LogP contribution is 2.27. The Morgan fingerprint density at radius 2 is 1.25 bits per heavy atom. The van der Waals surface area contributed by atoms with Crippen molar-refractivity contribution in [2.24, 2.45) is 0 Å². The van der Waals surface area contributed by atoms with Crippen LogP contribution in [0.5, 0.6) is 5.75 Å². The fourth-order valence-corrected chi connectivity index (χ4v) is 2.54. The first-order chi connectivity index (χ1) is 11.5. The lowest BCUT2D eigenvalue weighted by atomic mass is 10.0. The molecule has 0 amide bonds. The summed E-state index contributed by atoms with van der Waals surface area (Å²) in [4.78, 5) is 12.2. The van der Waals surface area contributed by atoms with E-state index in [1.54, 1.807) is 12.1 Å². The summed E-state index contributed by atoms with van der Waals surface area (Å²) >= 11 is 0. The maximum absolute atomic E-state index is 12.2. The molecule has 0 aromatic heterocycles. The summed E-state index contributed by atoms with van der Waals surface area (Å²) in [5, 5.41) is 0. The summed E-state index contributed by atoms with van der Waals surface area (Å²) < 4.78 is 5.54. The fraction of sp³-hybridized carbons (Fsp3) is 0.136. The number of rotatable bonds is 3. The van der Waals surface area contributed by atoms with Gasteiger partial charge in [-0.1, -0.05) is 53.6 Å². The van der Waals surface area contributed by atoms with Gasteiger partial charge in [0.2, 0.25) is 0 Å². The minimum atomic E-state index is -0.332. The first kappa shape index (κ1) is 16.0. The molecule has 3 aromatic rings. The molecule has 2 nitrogen and oxygen atoms in total. The number of esters is 1. The average molecular weight is 316 g/mol. The Balaban J connectivity index is 1.81. The smallest absolute Gasteiger partial charge is 0.343 e. The number of ether oxygens (including phenoxy) is 1. The number of hydrogen-bond acceptors (Lipinski definition) is 2. The van der Waals surface area contributed by atoms with Crippen LogP contribution in [0.4, 0.5) is 0 Å². The monoisotopic (exact) mass is 316 g/mol. The van der Waals surface area contributed by atoms with E-state index in [2.05, 4.69) is 31.2 Å². The van der Waals surface area contributed by atoms with E-state index in [0.717, 1.165) is 22.3 Å². The van der Waals surface area contributed by atoms with E-state index in [1.807, 2.05) is 44.2 Å². The second kappa shape index (κ2) is 6.71. The van der Waals surface area contributed by atoms with Crippen molar-refractivity contribution in [3.05, 3.63) is 89.0 Å². The molecule has 120 valence electrons. The van der Waals surface area contributed by atoms with E-state index in [1.165, 1.54) is 5.56 Å². The van der Waals surface area contributed by atoms with E-state index in [9.17, 15) is 4.79 Å². The van der Waals surface area contributed by atoms with Gasteiger partial charge in [0, 0.05) is 0 Å². The molecule has 0 spiro atoms. The second-order valence-electron chi connectivity index (χ2n) is 6.10. The number of carbonyl (C=O) groups excluding carboxylic acids is 1. The highest BCUT2D eigenvalue weighted by atomic mass is 16.5. The van der Waals surface area contributed by atoms with Crippen LogP contribution >= 0.6 is 0 Å².